The molecule has 0 unspecified atom stereocenters. The van der Waals surface area contributed by atoms with Crippen LogP contribution in [0.15, 0.2) is 24.3 Å². The average molecular weight is 315 g/mol. The van der Waals surface area contributed by atoms with E-state index in [0.717, 1.165) is 5.56 Å². The summed E-state index contributed by atoms with van der Waals surface area (Å²) in [4.78, 5) is 12.0. The lowest BCUT2D eigenvalue weighted by molar-refractivity contribution is -0.194. The summed E-state index contributed by atoms with van der Waals surface area (Å²) in [5.74, 6) is 0.559. The first-order valence-electron chi connectivity index (χ1n) is 7.08. The minimum atomic E-state index is -4.21. The monoisotopic (exact) mass is 315 g/mol. The molecule has 0 aromatic heterocycles. The molecule has 1 N–H and O–H groups in total. The van der Waals surface area contributed by atoms with Crippen molar-refractivity contribution in [1.82, 2.24) is 4.90 Å². The number of nitrogens with zero attached hydrogens (tertiary/aromatic N) is 1. The normalized spacial score (nSPS) is 20.4. The molecule has 1 aliphatic carbocycles. The second-order valence-corrected chi connectivity index (χ2v) is 6.02. The van der Waals surface area contributed by atoms with Crippen molar-refractivity contribution in [1.29, 1.82) is 0 Å². The van der Waals surface area contributed by atoms with E-state index in [1.807, 2.05) is 0 Å². The number of carbonyl (C=O) groups is 1. The van der Waals surface area contributed by atoms with Crippen molar-refractivity contribution in [3.05, 3.63) is 29.8 Å². The number of ether oxygens (including phenoxy) is 1. The van der Waals surface area contributed by atoms with Crippen LogP contribution in [0, 0.1) is 5.41 Å². The third-order valence-electron chi connectivity index (χ3n) is 4.47. The van der Waals surface area contributed by atoms with Crippen molar-refractivity contribution in [3.63, 3.8) is 0 Å². The summed E-state index contributed by atoms with van der Waals surface area (Å²) in [5, 5.41) is 8.77. The van der Waals surface area contributed by atoms with Crippen molar-refractivity contribution < 1.29 is 27.8 Å². The van der Waals surface area contributed by atoms with Gasteiger partial charge in [0, 0.05) is 19.0 Å². The molecule has 1 saturated carbocycles. The Bertz CT molecular complexity index is 560. The van der Waals surface area contributed by atoms with Gasteiger partial charge in [-0.05, 0) is 30.5 Å². The molecule has 1 aromatic rings. The molecule has 120 valence electrons. The van der Waals surface area contributed by atoms with Crippen LogP contribution in [-0.2, 0) is 0 Å². The van der Waals surface area contributed by atoms with Gasteiger partial charge in [-0.15, -0.1) is 0 Å². The fraction of sp³-hybridized carbons (Fsp3) is 0.533. The second kappa shape index (κ2) is 5.07. The van der Waals surface area contributed by atoms with E-state index in [9.17, 15) is 18.0 Å². The van der Waals surface area contributed by atoms with Crippen LogP contribution in [0.25, 0.3) is 0 Å². The molecule has 0 bridgehead atoms. The van der Waals surface area contributed by atoms with Gasteiger partial charge < -0.3 is 14.7 Å². The molecule has 3 rings (SSSR count). The molecule has 0 spiro atoms. The topological polar surface area (TPSA) is 49.8 Å². The van der Waals surface area contributed by atoms with Crippen LogP contribution >= 0.6 is 0 Å². The van der Waals surface area contributed by atoms with Crippen LogP contribution in [0.5, 0.6) is 5.75 Å². The highest BCUT2D eigenvalue weighted by molar-refractivity contribution is 5.66. The molecule has 1 amide bonds. The first-order valence-corrected chi connectivity index (χ1v) is 7.08. The number of carboxylic acid groups (broad SMARTS) is 1. The van der Waals surface area contributed by atoms with E-state index < -0.39 is 17.7 Å². The van der Waals surface area contributed by atoms with Gasteiger partial charge in [0.15, 0.2) is 0 Å². The predicted molar refractivity (Wildman–Crippen MR) is 72.0 cm³/mol. The Balaban J connectivity index is 1.54. The second-order valence-electron chi connectivity index (χ2n) is 6.02. The zero-order chi connectivity index (χ0) is 16.0. The number of halogens is 3. The lowest BCUT2D eigenvalue weighted by Gasteiger charge is -2.37. The Morgan fingerprint density at radius 2 is 1.86 bits per heavy atom. The summed E-state index contributed by atoms with van der Waals surface area (Å²) in [5.41, 5.74) is -0.691. The number of amides is 1. The maximum atomic E-state index is 12.8. The third kappa shape index (κ3) is 2.71. The smallest absolute Gasteiger partial charge is 0.407 e. The summed E-state index contributed by atoms with van der Waals surface area (Å²) < 4.78 is 43.7. The molecule has 2 fully saturated rings. The molecule has 0 radical (unpaired) electrons. The van der Waals surface area contributed by atoms with Gasteiger partial charge >= 0.3 is 12.3 Å². The third-order valence-corrected chi connectivity index (χ3v) is 4.47. The molecule has 7 heteroatoms. The van der Waals surface area contributed by atoms with Gasteiger partial charge in [0.25, 0.3) is 0 Å². The molecular formula is C15H16F3NO3. The average Bonchev–Trinajstić information content (AvgIpc) is 3.16. The molecule has 0 atom stereocenters. The van der Waals surface area contributed by atoms with Crippen molar-refractivity contribution in [3.8, 4) is 5.75 Å². The first kappa shape index (κ1) is 15.0. The van der Waals surface area contributed by atoms with Crippen molar-refractivity contribution in [2.24, 2.45) is 5.41 Å². The van der Waals surface area contributed by atoms with E-state index in [-0.39, 0.29) is 25.4 Å². The Hall–Kier alpha value is -1.92. The van der Waals surface area contributed by atoms with E-state index in [2.05, 4.69) is 0 Å². The Labute approximate surface area is 125 Å². The molecular weight excluding hydrogens is 299 g/mol. The van der Waals surface area contributed by atoms with Crippen LogP contribution in [0.2, 0.25) is 0 Å². The van der Waals surface area contributed by atoms with Gasteiger partial charge in [0.1, 0.15) is 17.8 Å². The highest BCUT2D eigenvalue weighted by atomic mass is 19.4. The van der Waals surface area contributed by atoms with E-state index in [1.165, 1.54) is 4.90 Å². The van der Waals surface area contributed by atoms with Crippen LogP contribution in [-0.4, -0.2) is 42.0 Å². The van der Waals surface area contributed by atoms with Gasteiger partial charge in [0.2, 0.25) is 0 Å². The lowest BCUT2D eigenvalue weighted by Crippen LogP contribution is -2.47. The predicted octanol–water partition coefficient (Wildman–Crippen LogP) is 3.49. The summed E-state index contributed by atoms with van der Waals surface area (Å²) >= 11 is 0. The van der Waals surface area contributed by atoms with Crippen molar-refractivity contribution in [2.75, 3.05) is 19.7 Å². The number of rotatable bonds is 4. The van der Waals surface area contributed by atoms with Gasteiger partial charge in [-0.2, -0.15) is 13.2 Å². The first-order chi connectivity index (χ1) is 10.3. The van der Waals surface area contributed by atoms with Gasteiger partial charge in [0.05, 0.1) is 0 Å². The maximum Gasteiger partial charge on any atom is 0.407 e. The molecule has 4 nitrogen and oxygen atoms in total. The Morgan fingerprint density at radius 1 is 1.27 bits per heavy atom. The number of likely N-dealkylation sites (tertiary alicyclic amines) is 1. The van der Waals surface area contributed by atoms with Gasteiger partial charge in [-0.1, -0.05) is 12.1 Å². The fourth-order valence-electron chi connectivity index (χ4n) is 2.56. The van der Waals surface area contributed by atoms with E-state index >= 15 is 0 Å². The highest BCUT2D eigenvalue weighted by Crippen LogP contribution is 2.57. The summed E-state index contributed by atoms with van der Waals surface area (Å²) in [7, 11) is 0. The van der Waals surface area contributed by atoms with Gasteiger partial charge in [-0.3, -0.25) is 0 Å². The molecule has 1 aromatic carbocycles. The number of benzene rings is 1. The minimum absolute atomic E-state index is 0.127. The number of alkyl halides is 3. The zero-order valence-electron chi connectivity index (χ0n) is 11.8. The van der Waals surface area contributed by atoms with Crippen LogP contribution < -0.4 is 4.74 Å². The summed E-state index contributed by atoms with van der Waals surface area (Å²) in [6.45, 7) is 0.561. The molecule has 1 saturated heterocycles. The lowest BCUT2D eigenvalue weighted by atomic mass is 9.92. The van der Waals surface area contributed by atoms with Gasteiger partial charge in [-0.25, -0.2) is 4.79 Å². The zero-order valence-corrected chi connectivity index (χ0v) is 11.8. The molecule has 1 heterocycles. The molecule has 1 aliphatic heterocycles. The SMILES string of the molecule is O=C(O)N1CC(c2ccc(OCC3(C(F)(F)F)CC3)cc2)C1. The standard InChI is InChI=1S/C15H16F3NO3/c16-15(17,18)14(5-6-14)9-22-12-3-1-10(2-4-12)11-7-19(8-11)13(20)21/h1-4,11H,5-9H2,(H,20,21). The molecule has 2 aliphatic rings. The van der Waals surface area contributed by atoms with Crippen LogP contribution in [0.1, 0.15) is 24.3 Å². The van der Waals surface area contributed by atoms with Crippen LogP contribution in [0.3, 0.4) is 0 Å². The highest BCUT2D eigenvalue weighted by Gasteiger charge is 2.63. The number of hydrogen-bond acceptors (Lipinski definition) is 2. The minimum Gasteiger partial charge on any atom is -0.493 e. The Morgan fingerprint density at radius 3 is 2.32 bits per heavy atom. The van der Waals surface area contributed by atoms with Crippen molar-refractivity contribution >= 4 is 6.09 Å². The van der Waals surface area contributed by atoms with Crippen molar-refractivity contribution in [2.45, 2.75) is 24.9 Å². The fourth-order valence-corrected chi connectivity index (χ4v) is 2.56. The van der Waals surface area contributed by atoms with E-state index in [4.69, 9.17) is 9.84 Å². The summed E-state index contributed by atoms with van der Waals surface area (Å²) in [6, 6.07) is 6.86. The number of hydrogen-bond donors (Lipinski definition) is 1. The van der Waals surface area contributed by atoms with Crippen LogP contribution in [0.4, 0.5) is 18.0 Å². The Kier molecular flexibility index (Phi) is 3.45. The molecule has 22 heavy (non-hydrogen) atoms. The van der Waals surface area contributed by atoms with E-state index in [0.29, 0.717) is 18.8 Å². The summed E-state index contributed by atoms with van der Waals surface area (Å²) in [6.07, 6.45) is -4.89. The maximum absolute atomic E-state index is 12.8. The largest absolute Gasteiger partial charge is 0.493 e. The van der Waals surface area contributed by atoms with E-state index in [1.54, 1.807) is 24.3 Å². The quantitative estimate of drug-likeness (QED) is 0.925.